The number of benzene rings is 1. The third-order valence-corrected chi connectivity index (χ3v) is 5.08. The molecule has 27 heavy (non-hydrogen) atoms. The van der Waals surface area contributed by atoms with Crippen LogP contribution in [-0.4, -0.2) is 50.1 Å². The second-order valence-electron chi connectivity index (χ2n) is 6.96. The van der Waals surface area contributed by atoms with Gasteiger partial charge in [-0.2, -0.15) is 0 Å². The SMILES string of the molecule is COc1ccccc1-c1ncc(CN2CCC(Cn3ccnn3)CC2)cn1. The van der Waals surface area contributed by atoms with Gasteiger partial charge in [0.15, 0.2) is 5.82 Å². The minimum Gasteiger partial charge on any atom is -0.496 e. The molecule has 0 spiro atoms. The van der Waals surface area contributed by atoms with Crippen molar-refractivity contribution in [3.8, 4) is 17.1 Å². The van der Waals surface area contributed by atoms with Crippen LogP contribution in [0.4, 0.5) is 0 Å². The largest absolute Gasteiger partial charge is 0.496 e. The van der Waals surface area contributed by atoms with Gasteiger partial charge in [-0.25, -0.2) is 9.97 Å². The molecule has 7 heteroatoms. The van der Waals surface area contributed by atoms with Crippen LogP contribution in [0.25, 0.3) is 11.4 Å². The second-order valence-corrected chi connectivity index (χ2v) is 6.96. The summed E-state index contributed by atoms with van der Waals surface area (Å²) >= 11 is 0. The van der Waals surface area contributed by atoms with Crippen molar-refractivity contribution in [3.63, 3.8) is 0 Å². The molecule has 0 amide bonds. The lowest BCUT2D eigenvalue weighted by atomic mass is 9.96. The van der Waals surface area contributed by atoms with Crippen molar-refractivity contribution in [1.29, 1.82) is 0 Å². The minimum atomic E-state index is 0.673. The fourth-order valence-electron chi connectivity index (χ4n) is 3.58. The molecule has 0 aliphatic carbocycles. The maximum Gasteiger partial charge on any atom is 0.162 e. The molecule has 0 unspecified atom stereocenters. The van der Waals surface area contributed by atoms with Gasteiger partial charge in [-0.3, -0.25) is 9.58 Å². The van der Waals surface area contributed by atoms with E-state index in [4.69, 9.17) is 4.74 Å². The van der Waals surface area contributed by atoms with Gasteiger partial charge in [0, 0.05) is 37.2 Å². The van der Waals surface area contributed by atoms with Gasteiger partial charge in [0.25, 0.3) is 0 Å². The molecule has 1 fully saturated rings. The molecule has 3 aromatic rings. The van der Waals surface area contributed by atoms with Crippen LogP contribution in [0, 0.1) is 5.92 Å². The van der Waals surface area contributed by atoms with Gasteiger partial charge in [-0.05, 0) is 44.0 Å². The maximum atomic E-state index is 5.40. The van der Waals surface area contributed by atoms with Crippen molar-refractivity contribution in [3.05, 3.63) is 54.6 Å². The van der Waals surface area contributed by atoms with Gasteiger partial charge in [-0.15, -0.1) is 5.10 Å². The number of piperidine rings is 1. The third-order valence-electron chi connectivity index (χ3n) is 5.08. The highest BCUT2D eigenvalue weighted by atomic mass is 16.5. The monoisotopic (exact) mass is 364 g/mol. The van der Waals surface area contributed by atoms with Gasteiger partial charge < -0.3 is 4.74 Å². The number of likely N-dealkylation sites (tertiary alicyclic amines) is 1. The Balaban J connectivity index is 1.33. The first-order valence-electron chi connectivity index (χ1n) is 9.32. The summed E-state index contributed by atoms with van der Waals surface area (Å²) in [5, 5.41) is 7.95. The van der Waals surface area contributed by atoms with Crippen molar-refractivity contribution < 1.29 is 4.74 Å². The number of hydrogen-bond acceptors (Lipinski definition) is 6. The first kappa shape index (κ1) is 17.6. The molecule has 0 bridgehead atoms. The van der Waals surface area contributed by atoms with Crippen LogP contribution in [0.2, 0.25) is 0 Å². The van der Waals surface area contributed by atoms with E-state index in [1.54, 1.807) is 13.3 Å². The molecule has 0 atom stereocenters. The van der Waals surface area contributed by atoms with E-state index in [-0.39, 0.29) is 0 Å². The Morgan fingerprint density at radius 2 is 1.89 bits per heavy atom. The summed E-state index contributed by atoms with van der Waals surface area (Å²) in [6.45, 7) is 4.04. The quantitative estimate of drug-likeness (QED) is 0.670. The molecule has 0 N–H and O–H groups in total. The highest BCUT2D eigenvalue weighted by Gasteiger charge is 2.20. The van der Waals surface area contributed by atoms with E-state index >= 15 is 0 Å². The van der Waals surface area contributed by atoms with Gasteiger partial charge in [0.1, 0.15) is 5.75 Å². The van der Waals surface area contributed by atoms with E-state index in [9.17, 15) is 0 Å². The fourth-order valence-corrected chi connectivity index (χ4v) is 3.58. The summed E-state index contributed by atoms with van der Waals surface area (Å²) in [6, 6.07) is 7.82. The predicted octanol–water partition coefficient (Wildman–Crippen LogP) is 2.66. The summed E-state index contributed by atoms with van der Waals surface area (Å²) in [5.41, 5.74) is 2.06. The van der Waals surface area contributed by atoms with Crippen LogP contribution in [0.5, 0.6) is 5.75 Å². The molecule has 140 valence electrons. The highest BCUT2D eigenvalue weighted by Crippen LogP contribution is 2.26. The molecule has 7 nitrogen and oxygen atoms in total. The van der Waals surface area contributed by atoms with Crippen LogP contribution in [0.1, 0.15) is 18.4 Å². The molecule has 2 aromatic heterocycles. The molecule has 0 saturated carbocycles. The van der Waals surface area contributed by atoms with Crippen LogP contribution in [0.3, 0.4) is 0 Å². The minimum absolute atomic E-state index is 0.673. The summed E-state index contributed by atoms with van der Waals surface area (Å²) in [6.07, 6.45) is 9.89. The van der Waals surface area contributed by atoms with E-state index in [2.05, 4.69) is 25.2 Å². The smallest absolute Gasteiger partial charge is 0.162 e. The molecular formula is C20H24N6O. The average molecular weight is 364 g/mol. The Labute approximate surface area is 159 Å². The molecule has 1 aromatic carbocycles. The summed E-state index contributed by atoms with van der Waals surface area (Å²) in [5.74, 6) is 2.16. The standard InChI is InChI=1S/C20H24N6O/c1-27-19-5-3-2-4-18(19)20-21-12-17(13-22-20)14-25-9-6-16(7-10-25)15-26-11-8-23-24-26/h2-5,8,11-13,16H,6-7,9-10,14-15H2,1H3. The number of aromatic nitrogens is 5. The van der Waals surface area contributed by atoms with Crippen LogP contribution >= 0.6 is 0 Å². The van der Waals surface area contributed by atoms with Crippen LogP contribution in [0.15, 0.2) is 49.1 Å². The summed E-state index contributed by atoms with van der Waals surface area (Å²) < 4.78 is 7.34. The van der Waals surface area contributed by atoms with Gasteiger partial charge in [-0.1, -0.05) is 17.3 Å². The topological polar surface area (TPSA) is 69.0 Å². The Hall–Kier alpha value is -2.80. The van der Waals surface area contributed by atoms with Crippen molar-refractivity contribution in [2.75, 3.05) is 20.2 Å². The zero-order valence-electron chi connectivity index (χ0n) is 15.5. The zero-order chi connectivity index (χ0) is 18.5. The Morgan fingerprint density at radius 3 is 2.59 bits per heavy atom. The van der Waals surface area contributed by atoms with Crippen molar-refractivity contribution in [1.82, 2.24) is 29.9 Å². The first-order valence-corrected chi connectivity index (χ1v) is 9.32. The third kappa shape index (κ3) is 4.31. The second kappa shape index (κ2) is 8.26. The summed E-state index contributed by atoms with van der Waals surface area (Å²) in [7, 11) is 1.67. The van der Waals surface area contributed by atoms with E-state index in [1.807, 2.05) is 47.5 Å². The molecule has 4 rings (SSSR count). The number of ether oxygens (including phenoxy) is 1. The van der Waals surface area contributed by atoms with Crippen molar-refractivity contribution >= 4 is 0 Å². The zero-order valence-corrected chi connectivity index (χ0v) is 15.5. The van der Waals surface area contributed by atoms with Gasteiger partial charge >= 0.3 is 0 Å². The van der Waals surface area contributed by atoms with Crippen molar-refractivity contribution in [2.24, 2.45) is 5.92 Å². The lowest BCUT2D eigenvalue weighted by Gasteiger charge is -2.31. The lowest BCUT2D eigenvalue weighted by Crippen LogP contribution is -2.34. The molecule has 1 aliphatic heterocycles. The highest BCUT2D eigenvalue weighted by molar-refractivity contribution is 5.63. The molecule has 0 radical (unpaired) electrons. The maximum absolute atomic E-state index is 5.40. The number of methoxy groups -OCH3 is 1. The Morgan fingerprint density at radius 1 is 1.11 bits per heavy atom. The van der Waals surface area contributed by atoms with E-state index in [1.165, 1.54) is 12.8 Å². The van der Waals surface area contributed by atoms with Gasteiger partial charge in [0.05, 0.1) is 18.9 Å². The van der Waals surface area contributed by atoms with Gasteiger partial charge in [0.2, 0.25) is 0 Å². The Bertz CT molecular complexity index is 841. The lowest BCUT2D eigenvalue weighted by molar-refractivity contribution is 0.164. The average Bonchev–Trinajstić information content (AvgIpc) is 3.23. The fraction of sp³-hybridized carbons (Fsp3) is 0.400. The number of hydrogen-bond donors (Lipinski definition) is 0. The summed E-state index contributed by atoms with van der Waals surface area (Å²) in [4.78, 5) is 11.6. The van der Waals surface area contributed by atoms with Crippen molar-refractivity contribution in [2.45, 2.75) is 25.9 Å². The number of para-hydroxylation sites is 1. The molecule has 1 aliphatic rings. The predicted molar refractivity (Wildman–Crippen MR) is 102 cm³/mol. The van der Waals surface area contributed by atoms with Crippen LogP contribution < -0.4 is 4.74 Å². The molecule has 3 heterocycles. The van der Waals surface area contributed by atoms with E-state index in [0.717, 1.165) is 43.1 Å². The molecular weight excluding hydrogens is 340 g/mol. The van der Waals surface area contributed by atoms with Crippen LogP contribution in [-0.2, 0) is 13.1 Å². The normalized spacial score (nSPS) is 15.7. The van der Waals surface area contributed by atoms with E-state index < -0.39 is 0 Å². The van der Waals surface area contributed by atoms with E-state index in [0.29, 0.717) is 11.7 Å². The Kier molecular flexibility index (Phi) is 5.39. The first-order chi connectivity index (χ1) is 13.3. The molecule has 1 saturated heterocycles. The number of rotatable bonds is 6. The number of nitrogens with zero attached hydrogens (tertiary/aromatic N) is 6.